The number of para-hydroxylation sites is 1. The number of aliphatic imine (C=N–C) groups is 1. The molecule has 0 spiro atoms. The van der Waals surface area contributed by atoms with E-state index in [9.17, 15) is 9.90 Å². The third kappa shape index (κ3) is 3.91. The molecule has 4 unspecified atom stereocenters. The molecule has 1 aromatic rings. The molecule has 4 rings (SSSR count). The summed E-state index contributed by atoms with van der Waals surface area (Å²) < 4.78 is 5.96. The SMILES string of the molecule is CCC(N)=NC1CNC(=C(C)C)N2CC(NC(=O)c3cccc4c3OCCC4(C)C)C(O)C12C. The molecule has 34 heavy (non-hydrogen) atoms. The van der Waals surface area contributed by atoms with E-state index in [4.69, 9.17) is 15.5 Å². The minimum Gasteiger partial charge on any atom is -0.492 e. The molecule has 4 atom stereocenters. The van der Waals surface area contributed by atoms with E-state index in [1.807, 2.05) is 39.8 Å². The van der Waals surface area contributed by atoms with Crippen LogP contribution < -0.4 is 21.1 Å². The molecule has 0 radical (unpaired) electrons. The van der Waals surface area contributed by atoms with E-state index in [2.05, 4.69) is 29.4 Å². The molecule has 2 saturated heterocycles. The molecule has 2 fully saturated rings. The molecular weight excluding hydrogens is 430 g/mol. The van der Waals surface area contributed by atoms with Gasteiger partial charge in [-0.15, -0.1) is 0 Å². The zero-order valence-electron chi connectivity index (χ0n) is 21.2. The van der Waals surface area contributed by atoms with Crippen LogP contribution in [0.25, 0.3) is 0 Å². The van der Waals surface area contributed by atoms with Crippen molar-refractivity contribution in [3.05, 3.63) is 40.7 Å². The first-order chi connectivity index (χ1) is 16.0. The summed E-state index contributed by atoms with van der Waals surface area (Å²) in [7, 11) is 0. The highest BCUT2D eigenvalue weighted by atomic mass is 16.5. The first-order valence-electron chi connectivity index (χ1n) is 12.3. The number of amides is 1. The zero-order chi connectivity index (χ0) is 24.8. The Balaban J connectivity index is 1.65. The second-order valence-electron chi connectivity index (χ2n) is 10.7. The third-order valence-electron chi connectivity index (χ3n) is 7.78. The van der Waals surface area contributed by atoms with Gasteiger partial charge in [0.1, 0.15) is 17.7 Å². The number of hydrogen-bond donors (Lipinski definition) is 4. The van der Waals surface area contributed by atoms with Gasteiger partial charge in [-0.1, -0.05) is 32.9 Å². The Morgan fingerprint density at radius 3 is 2.76 bits per heavy atom. The van der Waals surface area contributed by atoms with Crippen LogP contribution in [0.5, 0.6) is 5.75 Å². The second kappa shape index (κ2) is 8.80. The molecule has 3 heterocycles. The van der Waals surface area contributed by atoms with E-state index in [1.54, 1.807) is 6.07 Å². The van der Waals surface area contributed by atoms with Gasteiger partial charge in [0.05, 0.1) is 35.6 Å². The number of amidine groups is 1. The van der Waals surface area contributed by atoms with Crippen LogP contribution in [0.2, 0.25) is 0 Å². The standard InChI is InChI=1S/C26H39N5O3/c1-7-20(27)30-19-13-28-23(15(2)3)31-14-18(22(32)26(19,31)6)29-24(33)16-9-8-10-17-21(16)34-12-11-25(17,4)5/h8-10,18-19,22,28,32H,7,11-14H2,1-6H3,(H2,27,30)(H,29,33). The van der Waals surface area contributed by atoms with E-state index in [1.165, 1.54) is 0 Å². The number of rotatable bonds is 4. The van der Waals surface area contributed by atoms with Crippen molar-refractivity contribution in [1.29, 1.82) is 0 Å². The molecule has 5 N–H and O–H groups in total. The number of ether oxygens (including phenoxy) is 1. The molecule has 0 saturated carbocycles. The van der Waals surface area contributed by atoms with Crippen LogP contribution in [0.1, 0.15) is 70.3 Å². The Morgan fingerprint density at radius 2 is 2.09 bits per heavy atom. The lowest BCUT2D eigenvalue weighted by molar-refractivity contribution is 0.0137. The fraction of sp³-hybridized carbons (Fsp3) is 0.615. The topological polar surface area (TPSA) is 112 Å². The number of nitrogens with zero attached hydrogens (tertiary/aromatic N) is 2. The van der Waals surface area contributed by atoms with E-state index in [-0.39, 0.29) is 17.4 Å². The van der Waals surface area contributed by atoms with Crippen LogP contribution >= 0.6 is 0 Å². The van der Waals surface area contributed by atoms with Gasteiger partial charge in [0.15, 0.2) is 0 Å². The van der Waals surface area contributed by atoms with Gasteiger partial charge in [-0.05, 0) is 44.2 Å². The summed E-state index contributed by atoms with van der Waals surface area (Å²) in [5.41, 5.74) is 8.00. The highest BCUT2D eigenvalue weighted by molar-refractivity contribution is 5.98. The van der Waals surface area contributed by atoms with Gasteiger partial charge in [0.2, 0.25) is 0 Å². The average Bonchev–Trinajstić information content (AvgIpc) is 3.04. The van der Waals surface area contributed by atoms with Crippen molar-refractivity contribution in [3.8, 4) is 5.75 Å². The minimum absolute atomic E-state index is 0.0562. The molecule has 8 heteroatoms. The van der Waals surface area contributed by atoms with E-state index in [0.717, 1.165) is 23.4 Å². The van der Waals surface area contributed by atoms with Gasteiger partial charge in [-0.3, -0.25) is 9.79 Å². The fourth-order valence-electron chi connectivity index (χ4n) is 5.50. The first-order valence-corrected chi connectivity index (χ1v) is 12.3. The molecule has 0 bridgehead atoms. The monoisotopic (exact) mass is 469 g/mol. The number of aliphatic hydroxyl groups is 1. The Labute approximate surface area is 202 Å². The van der Waals surface area contributed by atoms with Crippen molar-refractivity contribution in [3.63, 3.8) is 0 Å². The van der Waals surface area contributed by atoms with Gasteiger partial charge in [0, 0.05) is 25.1 Å². The van der Waals surface area contributed by atoms with Gasteiger partial charge >= 0.3 is 0 Å². The highest BCUT2D eigenvalue weighted by Gasteiger charge is 2.58. The van der Waals surface area contributed by atoms with Gasteiger partial charge in [-0.2, -0.15) is 0 Å². The van der Waals surface area contributed by atoms with Crippen molar-refractivity contribution in [2.75, 3.05) is 19.7 Å². The first kappa shape index (κ1) is 24.4. The van der Waals surface area contributed by atoms with Crippen LogP contribution in [0.15, 0.2) is 34.6 Å². The van der Waals surface area contributed by atoms with Crippen LogP contribution in [-0.4, -0.2) is 65.2 Å². The second-order valence-corrected chi connectivity index (χ2v) is 10.7. The van der Waals surface area contributed by atoms with Crippen molar-refractivity contribution in [2.45, 2.75) is 83.5 Å². The number of benzene rings is 1. The number of hydrogen-bond acceptors (Lipinski definition) is 6. The van der Waals surface area contributed by atoms with Gasteiger partial charge in [0.25, 0.3) is 5.91 Å². The van der Waals surface area contributed by atoms with Crippen molar-refractivity contribution >= 4 is 11.7 Å². The number of carbonyl (C=O) groups is 1. The summed E-state index contributed by atoms with van der Waals surface area (Å²) in [6.45, 7) is 14.0. The number of aliphatic hydroxyl groups excluding tert-OH is 1. The normalized spacial score (nSPS) is 30.1. The van der Waals surface area contributed by atoms with Crippen LogP contribution in [0, 0.1) is 0 Å². The predicted molar refractivity (Wildman–Crippen MR) is 134 cm³/mol. The maximum Gasteiger partial charge on any atom is 0.255 e. The number of allylic oxidation sites excluding steroid dienone is 1. The zero-order valence-corrected chi connectivity index (χ0v) is 21.2. The Morgan fingerprint density at radius 1 is 1.35 bits per heavy atom. The van der Waals surface area contributed by atoms with Crippen LogP contribution in [-0.2, 0) is 5.41 Å². The van der Waals surface area contributed by atoms with Crippen LogP contribution in [0.4, 0.5) is 0 Å². The largest absolute Gasteiger partial charge is 0.492 e. The molecule has 1 aromatic carbocycles. The highest BCUT2D eigenvalue weighted by Crippen LogP contribution is 2.42. The Bertz CT molecular complexity index is 1030. The van der Waals surface area contributed by atoms with Crippen LogP contribution in [0.3, 0.4) is 0 Å². The van der Waals surface area contributed by atoms with Gasteiger partial charge in [-0.25, -0.2) is 0 Å². The molecular formula is C26H39N5O3. The summed E-state index contributed by atoms with van der Waals surface area (Å²) >= 11 is 0. The van der Waals surface area contributed by atoms with Crippen molar-refractivity contribution in [2.24, 2.45) is 10.7 Å². The third-order valence-corrected chi connectivity index (χ3v) is 7.78. The quantitative estimate of drug-likeness (QED) is 0.398. The molecule has 0 aromatic heterocycles. The molecule has 186 valence electrons. The van der Waals surface area contributed by atoms with E-state index >= 15 is 0 Å². The molecule has 1 amide bonds. The molecule has 8 nitrogen and oxygen atoms in total. The lowest BCUT2D eigenvalue weighted by Gasteiger charge is -2.48. The molecule has 3 aliphatic rings. The maximum absolute atomic E-state index is 13.5. The molecule has 3 aliphatic heterocycles. The minimum atomic E-state index is -0.830. The van der Waals surface area contributed by atoms with Gasteiger partial charge < -0.3 is 31.1 Å². The summed E-state index contributed by atoms with van der Waals surface area (Å²) in [6, 6.07) is 5.01. The summed E-state index contributed by atoms with van der Waals surface area (Å²) in [5.74, 6) is 1.95. The maximum atomic E-state index is 13.5. The summed E-state index contributed by atoms with van der Waals surface area (Å²) in [5, 5.41) is 18.1. The molecule has 0 aliphatic carbocycles. The predicted octanol–water partition coefficient (Wildman–Crippen LogP) is 2.27. The Hall–Kier alpha value is -2.74. The smallest absolute Gasteiger partial charge is 0.255 e. The van der Waals surface area contributed by atoms with Crippen molar-refractivity contribution in [1.82, 2.24) is 15.5 Å². The number of nitrogens with two attached hydrogens (primary N) is 1. The fourth-order valence-corrected chi connectivity index (χ4v) is 5.50. The summed E-state index contributed by atoms with van der Waals surface area (Å²) in [4.78, 5) is 20.3. The number of carbonyl (C=O) groups excluding carboxylic acids is 1. The van der Waals surface area contributed by atoms with E-state index < -0.39 is 17.7 Å². The summed E-state index contributed by atoms with van der Waals surface area (Å²) in [6.07, 6.45) is 0.720. The lowest BCUT2D eigenvalue weighted by Crippen LogP contribution is -2.65. The Kier molecular flexibility index (Phi) is 6.31. The van der Waals surface area contributed by atoms with E-state index in [0.29, 0.717) is 43.3 Å². The van der Waals surface area contributed by atoms with Crippen molar-refractivity contribution < 1.29 is 14.6 Å². The number of nitrogens with one attached hydrogen (secondary N) is 2. The average molecular weight is 470 g/mol. The lowest BCUT2D eigenvalue weighted by atomic mass is 9.79. The number of fused-ring (bicyclic) bond motifs is 2.